The lowest BCUT2D eigenvalue weighted by Gasteiger charge is -2.30. The minimum absolute atomic E-state index is 0.00981. The Balaban J connectivity index is 1.66. The van der Waals surface area contributed by atoms with E-state index in [1.165, 1.54) is 16.4 Å². The first-order chi connectivity index (χ1) is 13.3. The van der Waals surface area contributed by atoms with Gasteiger partial charge in [-0.1, -0.05) is 24.3 Å². The Morgan fingerprint density at radius 2 is 1.71 bits per heavy atom. The maximum atomic E-state index is 13.2. The van der Waals surface area contributed by atoms with Gasteiger partial charge in [0.1, 0.15) is 5.82 Å². The van der Waals surface area contributed by atoms with Gasteiger partial charge < -0.3 is 4.90 Å². The van der Waals surface area contributed by atoms with E-state index in [1.807, 2.05) is 36.1 Å². The van der Waals surface area contributed by atoms with E-state index < -0.39 is 15.8 Å². The molecular formula is C21H23FN2O3S. The van der Waals surface area contributed by atoms with Crippen LogP contribution in [0.5, 0.6) is 0 Å². The summed E-state index contributed by atoms with van der Waals surface area (Å²) in [7, 11) is -3.69. The third kappa shape index (κ3) is 3.12. The minimum Gasteiger partial charge on any atom is -0.335 e. The number of halogens is 1. The number of hydrogen-bond donors (Lipinski definition) is 0. The Bertz CT molecular complexity index is 1010. The lowest BCUT2D eigenvalue weighted by molar-refractivity contribution is -0.130. The minimum atomic E-state index is -3.69. The van der Waals surface area contributed by atoms with Crippen LogP contribution in [-0.4, -0.2) is 43.2 Å². The first kappa shape index (κ1) is 19.1. The van der Waals surface area contributed by atoms with Gasteiger partial charge in [0.2, 0.25) is 15.9 Å². The second-order valence-corrected chi connectivity index (χ2v) is 9.61. The highest BCUT2D eigenvalue weighted by Crippen LogP contribution is 2.46. The number of carbonyl (C=O) groups excluding carboxylic acids is 1. The molecule has 2 aliphatic rings. The van der Waals surface area contributed by atoms with Crippen molar-refractivity contribution in [1.29, 1.82) is 0 Å². The fraction of sp³-hybridized carbons (Fsp3) is 0.381. The fourth-order valence-electron chi connectivity index (χ4n) is 4.60. The highest BCUT2D eigenvalue weighted by Gasteiger charge is 2.51. The van der Waals surface area contributed by atoms with Crippen molar-refractivity contribution in [2.75, 3.05) is 19.6 Å². The number of benzene rings is 2. The molecule has 0 unspecified atom stereocenters. The van der Waals surface area contributed by atoms with Crippen molar-refractivity contribution in [2.45, 2.75) is 24.8 Å². The average molecular weight is 402 g/mol. The summed E-state index contributed by atoms with van der Waals surface area (Å²) in [5.41, 5.74) is 2.17. The molecule has 4 rings (SSSR count). The molecule has 0 spiro atoms. The summed E-state index contributed by atoms with van der Waals surface area (Å²) in [6.07, 6.45) is 0. The van der Waals surface area contributed by atoms with Gasteiger partial charge in [-0.05, 0) is 48.2 Å². The average Bonchev–Trinajstić information content (AvgIpc) is 3.21. The zero-order chi connectivity index (χ0) is 20.1. The molecule has 0 saturated carbocycles. The molecule has 1 amide bonds. The number of amides is 1. The van der Waals surface area contributed by atoms with Crippen molar-refractivity contribution in [1.82, 2.24) is 9.21 Å². The topological polar surface area (TPSA) is 57.7 Å². The zero-order valence-electron chi connectivity index (χ0n) is 15.9. The van der Waals surface area contributed by atoms with Gasteiger partial charge in [0.15, 0.2) is 0 Å². The van der Waals surface area contributed by atoms with Crippen molar-refractivity contribution in [3.05, 3.63) is 65.5 Å². The van der Waals surface area contributed by atoms with E-state index in [9.17, 15) is 17.6 Å². The van der Waals surface area contributed by atoms with Crippen LogP contribution in [0.1, 0.15) is 24.1 Å². The number of nitrogens with zero attached hydrogens (tertiary/aromatic N) is 2. The van der Waals surface area contributed by atoms with Crippen LogP contribution in [0.15, 0.2) is 53.4 Å². The first-order valence-corrected chi connectivity index (χ1v) is 10.8. The lowest BCUT2D eigenvalue weighted by atomic mass is 9.87. The lowest BCUT2D eigenvalue weighted by Crippen LogP contribution is -2.36. The molecule has 148 valence electrons. The van der Waals surface area contributed by atoms with Gasteiger partial charge in [0.05, 0.1) is 10.9 Å². The SMILES string of the molecule is CC(=O)N1C[C@H]2CN(S(=O)(=O)c3ccc(F)cc3)C[C@H]2[C@@H]1c1ccccc1C. The Labute approximate surface area is 164 Å². The predicted molar refractivity (Wildman–Crippen MR) is 103 cm³/mol. The van der Waals surface area contributed by atoms with Crippen LogP contribution in [0.2, 0.25) is 0 Å². The highest BCUT2D eigenvalue weighted by molar-refractivity contribution is 7.89. The molecular weight excluding hydrogens is 379 g/mol. The molecule has 2 fully saturated rings. The van der Waals surface area contributed by atoms with E-state index in [0.717, 1.165) is 23.3 Å². The second-order valence-electron chi connectivity index (χ2n) is 7.67. The Morgan fingerprint density at radius 1 is 1.04 bits per heavy atom. The Kier molecular flexibility index (Phi) is 4.75. The van der Waals surface area contributed by atoms with E-state index in [4.69, 9.17) is 0 Å². The standard InChI is InChI=1S/C21H23FN2O3S/c1-14-5-3-4-6-19(14)21-20-13-23(11-16(20)12-24(21)15(2)25)28(26,27)18-9-7-17(22)8-10-18/h3-10,16,20-21H,11-13H2,1-2H3/t16-,20-,21+/m1/s1. The van der Waals surface area contributed by atoms with Gasteiger partial charge in [0, 0.05) is 32.5 Å². The summed E-state index contributed by atoms with van der Waals surface area (Å²) in [5.74, 6) is -0.325. The molecule has 28 heavy (non-hydrogen) atoms. The molecule has 0 N–H and O–H groups in total. The normalized spacial score (nSPS) is 25.1. The molecule has 2 aromatic carbocycles. The molecule has 2 heterocycles. The number of fused-ring (bicyclic) bond motifs is 1. The molecule has 3 atom stereocenters. The molecule has 7 heteroatoms. The Morgan fingerprint density at radius 3 is 2.36 bits per heavy atom. The number of likely N-dealkylation sites (tertiary alicyclic amines) is 1. The van der Waals surface area contributed by atoms with E-state index in [1.54, 1.807) is 6.92 Å². The van der Waals surface area contributed by atoms with E-state index in [2.05, 4.69) is 0 Å². The monoisotopic (exact) mass is 402 g/mol. The maximum absolute atomic E-state index is 13.2. The number of hydrogen-bond acceptors (Lipinski definition) is 3. The molecule has 2 aliphatic heterocycles. The van der Waals surface area contributed by atoms with Crippen LogP contribution in [-0.2, 0) is 14.8 Å². The van der Waals surface area contributed by atoms with Crippen LogP contribution >= 0.6 is 0 Å². The first-order valence-electron chi connectivity index (χ1n) is 9.37. The Hall–Kier alpha value is -2.25. The second kappa shape index (κ2) is 6.97. The summed E-state index contributed by atoms with van der Waals surface area (Å²) in [6.45, 7) is 4.86. The fourth-order valence-corrected chi connectivity index (χ4v) is 6.13. The molecule has 2 aromatic rings. The number of sulfonamides is 1. The van der Waals surface area contributed by atoms with E-state index >= 15 is 0 Å². The smallest absolute Gasteiger partial charge is 0.243 e. The van der Waals surface area contributed by atoms with Gasteiger partial charge in [-0.15, -0.1) is 0 Å². The van der Waals surface area contributed by atoms with E-state index in [0.29, 0.717) is 19.6 Å². The van der Waals surface area contributed by atoms with Crippen molar-refractivity contribution < 1.29 is 17.6 Å². The predicted octanol–water partition coefficient (Wildman–Crippen LogP) is 2.97. The van der Waals surface area contributed by atoms with Crippen LogP contribution in [0, 0.1) is 24.6 Å². The third-order valence-corrected chi connectivity index (χ3v) is 7.84. The van der Waals surface area contributed by atoms with Crippen LogP contribution in [0.3, 0.4) is 0 Å². The molecule has 0 bridgehead atoms. The zero-order valence-corrected chi connectivity index (χ0v) is 16.7. The largest absolute Gasteiger partial charge is 0.335 e. The van der Waals surface area contributed by atoms with Crippen molar-refractivity contribution in [2.24, 2.45) is 11.8 Å². The quantitative estimate of drug-likeness (QED) is 0.793. The van der Waals surface area contributed by atoms with Crippen molar-refractivity contribution >= 4 is 15.9 Å². The van der Waals surface area contributed by atoms with Gasteiger partial charge in [-0.25, -0.2) is 12.8 Å². The molecule has 2 saturated heterocycles. The number of aryl methyl sites for hydroxylation is 1. The van der Waals surface area contributed by atoms with E-state index in [-0.39, 0.29) is 28.7 Å². The van der Waals surface area contributed by atoms with Gasteiger partial charge in [0.25, 0.3) is 0 Å². The summed E-state index contributed by atoms with van der Waals surface area (Å²) < 4.78 is 40.7. The van der Waals surface area contributed by atoms with Crippen molar-refractivity contribution in [3.8, 4) is 0 Å². The molecule has 5 nitrogen and oxygen atoms in total. The summed E-state index contributed by atoms with van der Waals surface area (Å²) in [5, 5.41) is 0. The maximum Gasteiger partial charge on any atom is 0.243 e. The third-order valence-electron chi connectivity index (χ3n) is 5.99. The highest BCUT2D eigenvalue weighted by atomic mass is 32.2. The van der Waals surface area contributed by atoms with Gasteiger partial charge >= 0.3 is 0 Å². The summed E-state index contributed by atoms with van der Waals surface area (Å²) >= 11 is 0. The molecule has 0 aromatic heterocycles. The summed E-state index contributed by atoms with van der Waals surface area (Å²) in [4.78, 5) is 14.2. The molecule has 0 aliphatic carbocycles. The molecule has 0 radical (unpaired) electrons. The van der Waals surface area contributed by atoms with Gasteiger partial charge in [-0.2, -0.15) is 4.31 Å². The summed E-state index contributed by atoms with van der Waals surface area (Å²) in [6, 6.07) is 12.8. The van der Waals surface area contributed by atoms with Crippen molar-refractivity contribution in [3.63, 3.8) is 0 Å². The number of rotatable bonds is 3. The van der Waals surface area contributed by atoms with Crippen LogP contribution in [0.25, 0.3) is 0 Å². The van der Waals surface area contributed by atoms with Gasteiger partial charge in [-0.3, -0.25) is 4.79 Å². The number of carbonyl (C=O) groups is 1. The van der Waals surface area contributed by atoms with Crippen LogP contribution in [0.4, 0.5) is 4.39 Å². The van der Waals surface area contributed by atoms with Crippen LogP contribution < -0.4 is 0 Å².